The molecule has 0 saturated heterocycles. The van der Waals surface area contributed by atoms with E-state index in [1.165, 1.54) is 0 Å². The van der Waals surface area contributed by atoms with E-state index in [0.717, 1.165) is 13.0 Å². The van der Waals surface area contributed by atoms with Gasteiger partial charge in [-0.2, -0.15) is 0 Å². The molecule has 0 unspecified atom stereocenters. The zero-order valence-corrected chi connectivity index (χ0v) is 12.6. The smallest absolute Gasteiger partial charge is 0.188 e. The molecule has 96 valence electrons. The topological polar surface area (TPSA) is 59.6 Å². The van der Waals surface area contributed by atoms with Gasteiger partial charge in [-0.1, -0.05) is 19.9 Å². The van der Waals surface area contributed by atoms with E-state index in [9.17, 15) is 0 Å². The summed E-state index contributed by atoms with van der Waals surface area (Å²) in [5.74, 6) is 1.13. The Balaban J connectivity index is 0. The lowest BCUT2D eigenvalue weighted by Crippen LogP contribution is -2.32. The molecule has 0 bridgehead atoms. The van der Waals surface area contributed by atoms with Gasteiger partial charge in [-0.05, 0) is 12.3 Å². The van der Waals surface area contributed by atoms with Crippen LogP contribution in [0.2, 0.25) is 0 Å². The lowest BCUT2D eigenvalue weighted by molar-refractivity contribution is 0.130. The SMILES string of the molecule is C=CCNC(N)=NCCOCCC(C)C.I. The Bertz CT molecular complexity index is 196. The number of rotatable bonds is 8. The Morgan fingerprint density at radius 1 is 1.50 bits per heavy atom. The van der Waals surface area contributed by atoms with E-state index >= 15 is 0 Å². The Kier molecular flexibility index (Phi) is 14.4. The van der Waals surface area contributed by atoms with Gasteiger partial charge in [-0.25, -0.2) is 0 Å². The van der Waals surface area contributed by atoms with E-state index in [4.69, 9.17) is 10.5 Å². The minimum atomic E-state index is 0. The summed E-state index contributed by atoms with van der Waals surface area (Å²) >= 11 is 0. The second kappa shape index (κ2) is 12.8. The second-order valence-electron chi connectivity index (χ2n) is 3.73. The highest BCUT2D eigenvalue weighted by Crippen LogP contribution is 1.98. The van der Waals surface area contributed by atoms with Crippen LogP contribution in [0.1, 0.15) is 20.3 Å². The minimum Gasteiger partial charge on any atom is -0.380 e. The van der Waals surface area contributed by atoms with Crippen molar-refractivity contribution >= 4 is 29.9 Å². The third-order valence-corrected chi connectivity index (χ3v) is 1.78. The van der Waals surface area contributed by atoms with Gasteiger partial charge in [-0.3, -0.25) is 4.99 Å². The van der Waals surface area contributed by atoms with Gasteiger partial charge in [0.2, 0.25) is 0 Å². The van der Waals surface area contributed by atoms with Crippen LogP contribution in [0.15, 0.2) is 17.6 Å². The van der Waals surface area contributed by atoms with Gasteiger partial charge in [0.05, 0.1) is 13.2 Å². The van der Waals surface area contributed by atoms with E-state index < -0.39 is 0 Å². The molecule has 16 heavy (non-hydrogen) atoms. The Hall–Kier alpha value is -0.300. The fourth-order valence-electron chi connectivity index (χ4n) is 0.884. The highest BCUT2D eigenvalue weighted by molar-refractivity contribution is 14.0. The number of halogens is 1. The summed E-state index contributed by atoms with van der Waals surface area (Å²) in [5.41, 5.74) is 5.56. The first-order valence-corrected chi connectivity index (χ1v) is 5.39. The number of hydrogen-bond acceptors (Lipinski definition) is 2. The van der Waals surface area contributed by atoms with Crippen LogP contribution in [0.25, 0.3) is 0 Å². The Morgan fingerprint density at radius 3 is 2.75 bits per heavy atom. The normalized spacial score (nSPS) is 11.1. The summed E-state index contributed by atoms with van der Waals surface area (Å²) in [7, 11) is 0. The molecule has 0 aromatic rings. The predicted octanol–water partition coefficient (Wildman–Crippen LogP) is 1.76. The number of nitrogens with two attached hydrogens (primary N) is 1. The molecule has 0 aromatic heterocycles. The van der Waals surface area contributed by atoms with Crippen LogP contribution in [-0.2, 0) is 4.74 Å². The highest BCUT2D eigenvalue weighted by Gasteiger charge is 1.93. The Morgan fingerprint density at radius 2 is 2.19 bits per heavy atom. The van der Waals surface area contributed by atoms with Crippen molar-refractivity contribution in [3.63, 3.8) is 0 Å². The number of nitrogens with one attached hydrogen (secondary N) is 1. The predicted molar refractivity (Wildman–Crippen MR) is 80.4 cm³/mol. The summed E-state index contributed by atoms with van der Waals surface area (Å²) in [5, 5.41) is 2.90. The molecule has 4 nitrogen and oxygen atoms in total. The molecular formula is C11H24IN3O. The maximum Gasteiger partial charge on any atom is 0.188 e. The average Bonchev–Trinajstić information content (AvgIpc) is 2.19. The van der Waals surface area contributed by atoms with Gasteiger partial charge >= 0.3 is 0 Å². The summed E-state index contributed by atoms with van der Waals surface area (Å²) in [6, 6.07) is 0. The fraction of sp³-hybridized carbons (Fsp3) is 0.727. The molecule has 3 N–H and O–H groups in total. The van der Waals surface area contributed by atoms with Gasteiger partial charge in [0.15, 0.2) is 5.96 Å². The van der Waals surface area contributed by atoms with Crippen LogP contribution in [-0.4, -0.2) is 32.3 Å². The van der Waals surface area contributed by atoms with Crippen LogP contribution >= 0.6 is 24.0 Å². The van der Waals surface area contributed by atoms with Gasteiger partial charge in [0.1, 0.15) is 0 Å². The average molecular weight is 341 g/mol. The van der Waals surface area contributed by atoms with Gasteiger partial charge in [0, 0.05) is 13.2 Å². The molecule has 0 heterocycles. The second-order valence-corrected chi connectivity index (χ2v) is 3.73. The highest BCUT2D eigenvalue weighted by atomic mass is 127. The minimum absolute atomic E-state index is 0. The molecule has 0 aromatic carbocycles. The summed E-state index contributed by atoms with van der Waals surface area (Å²) < 4.78 is 5.39. The molecule has 0 fully saturated rings. The molecular weight excluding hydrogens is 317 g/mol. The first-order valence-electron chi connectivity index (χ1n) is 5.39. The molecule has 0 spiro atoms. The largest absolute Gasteiger partial charge is 0.380 e. The van der Waals surface area contributed by atoms with Crippen LogP contribution in [0.3, 0.4) is 0 Å². The third kappa shape index (κ3) is 13.7. The summed E-state index contributed by atoms with van der Waals surface area (Å²) in [6.45, 7) is 10.6. The lowest BCUT2D eigenvalue weighted by atomic mass is 10.1. The van der Waals surface area contributed by atoms with Crippen molar-refractivity contribution in [3.05, 3.63) is 12.7 Å². The van der Waals surface area contributed by atoms with Crippen LogP contribution < -0.4 is 11.1 Å². The zero-order chi connectivity index (χ0) is 11.5. The van der Waals surface area contributed by atoms with Crippen LogP contribution in [0.5, 0.6) is 0 Å². The van der Waals surface area contributed by atoms with E-state index in [1.807, 2.05) is 0 Å². The van der Waals surface area contributed by atoms with E-state index in [-0.39, 0.29) is 24.0 Å². The van der Waals surface area contributed by atoms with Gasteiger partial charge < -0.3 is 15.8 Å². The zero-order valence-electron chi connectivity index (χ0n) is 10.2. The third-order valence-electron chi connectivity index (χ3n) is 1.78. The number of nitrogens with zero attached hydrogens (tertiary/aromatic N) is 1. The molecule has 0 aliphatic carbocycles. The van der Waals surface area contributed by atoms with E-state index in [1.54, 1.807) is 6.08 Å². The van der Waals surface area contributed by atoms with Crippen molar-refractivity contribution in [1.82, 2.24) is 5.32 Å². The maximum absolute atomic E-state index is 5.56. The number of ether oxygens (including phenoxy) is 1. The van der Waals surface area contributed by atoms with Crippen molar-refractivity contribution in [1.29, 1.82) is 0 Å². The summed E-state index contributed by atoms with van der Waals surface area (Å²) in [6.07, 6.45) is 2.83. The molecule has 0 atom stereocenters. The van der Waals surface area contributed by atoms with Crippen molar-refractivity contribution in [2.24, 2.45) is 16.6 Å². The van der Waals surface area contributed by atoms with Crippen molar-refractivity contribution in [2.75, 3.05) is 26.3 Å². The maximum atomic E-state index is 5.56. The van der Waals surface area contributed by atoms with Crippen LogP contribution in [0.4, 0.5) is 0 Å². The molecule has 0 radical (unpaired) electrons. The van der Waals surface area contributed by atoms with Crippen molar-refractivity contribution < 1.29 is 4.74 Å². The van der Waals surface area contributed by atoms with Crippen molar-refractivity contribution in [3.8, 4) is 0 Å². The van der Waals surface area contributed by atoms with Crippen molar-refractivity contribution in [2.45, 2.75) is 20.3 Å². The van der Waals surface area contributed by atoms with Crippen LogP contribution in [0, 0.1) is 5.92 Å². The molecule has 0 rings (SSSR count). The Labute approximate surface area is 116 Å². The van der Waals surface area contributed by atoms with Gasteiger partial charge in [-0.15, -0.1) is 30.6 Å². The van der Waals surface area contributed by atoms with Gasteiger partial charge in [0.25, 0.3) is 0 Å². The molecule has 0 amide bonds. The lowest BCUT2D eigenvalue weighted by Gasteiger charge is -2.05. The van der Waals surface area contributed by atoms with E-state index in [0.29, 0.717) is 31.6 Å². The monoisotopic (exact) mass is 341 g/mol. The molecule has 0 aliphatic heterocycles. The number of aliphatic imine (C=N–C) groups is 1. The molecule has 5 heteroatoms. The van der Waals surface area contributed by atoms with E-state index in [2.05, 4.69) is 30.7 Å². The molecule has 0 aliphatic rings. The summed E-state index contributed by atoms with van der Waals surface area (Å²) in [4.78, 5) is 4.09. The fourth-order valence-corrected chi connectivity index (χ4v) is 0.884. The number of guanidine groups is 1. The first kappa shape index (κ1) is 18.1. The number of hydrogen-bond donors (Lipinski definition) is 2. The molecule has 0 saturated carbocycles. The quantitative estimate of drug-likeness (QED) is 0.233. The first-order chi connectivity index (χ1) is 7.16. The standard InChI is InChI=1S/C11H23N3O.HI/c1-4-6-13-11(12)14-7-9-15-8-5-10(2)3;/h4,10H,1,5-9H2,2-3H3,(H3,12,13,14);1H.